The number of para-hydroxylation sites is 1. The lowest BCUT2D eigenvalue weighted by molar-refractivity contribution is -0.274. The van der Waals surface area contributed by atoms with Crippen LogP contribution in [0.5, 0.6) is 5.75 Å². The molecule has 148 valence electrons. The number of halogens is 4. The normalized spacial score (nSPS) is 17.3. The summed E-state index contributed by atoms with van der Waals surface area (Å²) in [4.78, 5) is 26.7. The Kier molecular flexibility index (Phi) is 5.67. The third kappa shape index (κ3) is 4.68. The van der Waals surface area contributed by atoms with Crippen LogP contribution in [0.4, 0.5) is 17.6 Å². The highest BCUT2D eigenvalue weighted by atomic mass is 19.4. The predicted octanol–water partition coefficient (Wildman–Crippen LogP) is 4.46. The van der Waals surface area contributed by atoms with Crippen molar-refractivity contribution in [2.45, 2.75) is 19.2 Å². The molecule has 0 aliphatic carbocycles. The molecule has 8 heteroatoms. The number of alkyl halides is 3. The number of ketones is 1. The minimum atomic E-state index is -4.92. The molecule has 0 N–H and O–H groups in total. The maximum Gasteiger partial charge on any atom is 0.573 e. The lowest BCUT2D eigenvalue weighted by Gasteiger charge is -2.32. The largest absolute Gasteiger partial charge is 0.573 e. The molecule has 0 bridgehead atoms. The van der Waals surface area contributed by atoms with Gasteiger partial charge < -0.3 is 9.64 Å². The first-order chi connectivity index (χ1) is 13.2. The molecule has 1 aliphatic rings. The minimum absolute atomic E-state index is 0.0501. The summed E-state index contributed by atoms with van der Waals surface area (Å²) in [5.74, 6) is -2.60. The molecule has 0 saturated carbocycles. The molecule has 1 fully saturated rings. The molecule has 1 heterocycles. The summed E-state index contributed by atoms with van der Waals surface area (Å²) < 4.78 is 55.1. The Hall–Kier alpha value is -2.90. The Morgan fingerprint density at radius 1 is 1.07 bits per heavy atom. The highest BCUT2D eigenvalue weighted by molar-refractivity contribution is 6.00. The Bertz CT molecular complexity index is 882. The highest BCUT2D eigenvalue weighted by Gasteiger charge is 2.35. The average molecular weight is 395 g/mol. The third-order valence-electron chi connectivity index (χ3n) is 4.53. The SMILES string of the molecule is O=C(c1cccc(F)c1)C1CCCN(C(=O)c2ccccc2OC(F)(F)F)C1. The van der Waals surface area contributed by atoms with Gasteiger partial charge in [-0.05, 0) is 37.1 Å². The number of ether oxygens (including phenoxy) is 1. The molecule has 4 nitrogen and oxygen atoms in total. The quantitative estimate of drug-likeness (QED) is 0.567. The van der Waals surface area contributed by atoms with E-state index in [0.717, 1.165) is 12.1 Å². The number of piperidine rings is 1. The van der Waals surface area contributed by atoms with E-state index >= 15 is 0 Å². The molecule has 28 heavy (non-hydrogen) atoms. The number of carbonyl (C=O) groups excluding carboxylic acids is 2. The van der Waals surface area contributed by atoms with Gasteiger partial charge in [-0.3, -0.25) is 9.59 Å². The van der Waals surface area contributed by atoms with Crippen molar-refractivity contribution < 1.29 is 31.9 Å². The van der Waals surface area contributed by atoms with Gasteiger partial charge in [0.25, 0.3) is 5.91 Å². The number of hydrogen-bond acceptors (Lipinski definition) is 3. The van der Waals surface area contributed by atoms with Gasteiger partial charge in [-0.15, -0.1) is 13.2 Å². The van der Waals surface area contributed by atoms with Crippen molar-refractivity contribution in [1.29, 1.82) is 0 Å². The molecule has 2 aromatic carbocycles. The summed E-state index contributed by atoms with van der Waals surface area (Å²) in [6, 6.07) is 10.4. The number of likely N-dealkylation sites (tertiary alicyclic amines) is 1. The summed E-state index contributed by atoms with van der Waals surface area (Å²) in [7, 11) is 0. The average Bonchev–Trinajstić information content (AvgIpc) is 2.66. The zero-order valence-electron chi connectivity index (χ0n) is 14.7. The van der Waals surface area contributed by atoms with Crippen LogP contribution in [0.15, 0.2) is 48.5 Å². The first-order valence-electron chi connectivity index (χ1n) is 8.68. The van der Waals surface area contributed by atoms with E-state index in [1.165, 1.54) is 41.3 Å². The van der Waals surface area contributed by atoms with Crippen molar-refractivity contribution in [2.75, 3.05) is 13.1 Å². The molecule has 1 unspecified atom stereocenters. The van der Waals surface area contributed by atoms with Gasteiger partial charge in [-0.2, -0.15) is 0 Å². The van der Waals surface area contributed by atoms with Crippen LogP contribution in [0.1, 0.15) is 33.6 Å². The molecule has 3 rings (SSSR count). The van der Waals surface area contributed by atoms with E-state index in [1.54, 1.807) is 0 Å². The maximum atomic E-state index is 13.4. The molecule has 0 radical (unpaired) electrons. The molecular formula is C20H17F4NO3. The Morgan fingerprint density at radius 3 is 2.54 bits per heavy atom. The van der Waals surface area contributed by atoms with Gasteiger partial charge in [0.1, 0.15) is 11.6 Å². The fourth-order valence-electron chi connectivity index (χ4n) is 3.28. The lowest BCUT2D eigenvalue weighted by atomic mass is 9.89. The van der Waals surface area contributed by atoms with Crippen LogP contribution in [0.2, 0.25) is 0 Å². The van der Waals surface area contributed by atoms with Crippen molar-refractivity contribution in [2.24, 2.45) is 5.92 Å². The van der Waals surface area contributed by atoms with Gasteiger partial charge >= 0.3 is 6.36 Å². The van der Waals surface area contributed by atoms with Crippen LogP contribution in [0.3, 0.4) is 0 Å². The Balaban J connectivity index is 1.78. The summed E-state index contributed by atoms with van der Waals surface area (Å²) in [6.07, 6.45) is -3.90. The summed E-state index contributed by atoms with van der Waals surface area (Å²) in [5, 5.41) is 0. The number of carbonyl (C=O) groups is 2. The topological polar surface area (TPSA) is 46.6 Å². The van der Waals surface area contributed by atoms with E-state index in [2.05, 4.69) is 4.74 Å². The number of hydrogen-bond donors (Lipinski definition) is 0. The summed E-state index contributed by atoms with van der Waals surface area (Å²) in [6.45, 7) is 0.362. The zero-order chi connectivity index (χ0) is 20.3. The first kappa shape index (κ1) is 19.9. The second-order valence-electron chi connectivity index (χ2n) is 6.51. The van der Waals surface area contributed by atoms with Gasteiger partial charge in [0, 0.05) is 24.6 Å². The van der Waals surface area contributed by atoms with E-state index in [9.17, 15) is 27.2 Å². The van der Waals surface area contributed by atoms with Crippen molar-refractivity contribution in [3.8, 4) is 5.75 Å². The van der Waals surface area contributed by atoms with E-state index in [4.69, 9.17) is 0 Å². The minimum Gasteiger partial charge on any atom is -0.405 e. The van der Waals surface area contributed by atoms with Gasteiger partial charge in [0.2, 0.25) is 0 Å². The molecule has 1 aliphatic heterocycles. The lowest BCUT2D eigenvalue weighted by Crippen LogP contribution is -2.42. The molecule has 1 atom stereocenters. The summed E-state index contributed by atoms with van der Waals surface area (Å²) in [5.41, 5.74) is -0.0150. The van der Waals surface area contributed by atoms with Gasteiger partial charge in [0.15, 0.2) is 5.78 Å². The predicted molar refractivity (Wildman–Crippen MR) is 92.5 cm³/mol. The van der Waals surface area contributed by atoms with Crippen LogP contribution in [-0.4, -0.2) is 36.0 Å². The molecular weight excluding hydrogens is 378 g/mol. The fraction of sp³-hybridized carbons (Fsp3) is 0.300. The molecule has 2 aromatic rings. The van der Waals surface area contributed by atoms with Crippen molar-refractivity contribution in [3.63, 3.8) is 0 Å². The zero-order valence-corrected chi connectivity index (χ0v) is 14.7. The Labute approximate surface area is 158 Å². The molecule has 1 amide bonds. The monoisotopic (exact) mass is 395 g/mol. The second kappa shape index (κ2) is 8.00. The fourth-order valence-corrected chi connectivity index (χ4v) is 3.28. The van der Waals surface area contributed by atoms with Crippen LogP contribution < -0.4 is 4.74 Å². The smallest absolute Gasteiger partial charge is 0.405 e. The first-order valence-corrected chi connectivity index (χ1v) is 8.68. The van der Waals surface area contributed by atoms with E-state index in [-0.39, 0.29) is 23.5 Å². The van der Waals surface area contributed by atoms with Crippen LogP contribution in [-0.2, 0) is 0 Å². The number of amides is 1. The van der Waals surface area contributed by atoms with E-state index in [1.807, 2.05) is 0 Å². The van der Waals surface area contributed by atoms with Gasteiger partial charge in [-0.25, -0.2) is 4.39 Å². The van der Waals surface area contributed by atoms with Gasteiger partial charge in [-0.1, -0.05) is 24.3 Å². The molecule has 0 spiro atoms. The van der Waals surface area contributed by atoms with Crippen molar-refractivity contribution in [3.05, 3.63) is 65.5 Å². The number of nitrogens with zero attached hydrogens (tertiary/aromatic N) is 1. The van der Waals surface area contributed by atoms with Crippen molar-refractivity contribution >= 4 is 11.7 Å². The third-order valence-corrected chi connectivity index (χ3v) is 4.53. The summed E-state index contributed by atoms with van der Waals surface area (Å²) >= 11 is 0. The van der Waals surface area contributed by atoms with Crippen molar-refractivity contribution in [1.82, 2.24) is 4.90 Å². The van der Waals surface area contributed by atoms with Gasteiger partial charge in [0.05, 0.1) is 5.56 Å². The second-order valence-corrected chi connectivity index (χ2v) is 6.51. The van der Waals surface area contributed by atoms with E-state index < -0.39 is 29.8 Å². The maximum absolute atomic E-state index is 13.4. The molecule has 0 aromatic heterocycles. The standard InChI is InChI=1S/C20H17F4NO3/c21-15-7-3-5-13(11-15)18(26)14-6-4-10-25(12-14)19(27)16-8-1-2-9-17(16)28-20(22,23)24/h1-3,5,7-9,11,14H,4,6,10,12H2. The molecule has 1 saturated heterocycles. The van der Waals surface area contributed by atoms with Crippen LogP contribution >= 0.6 is 0 Å². The van der Waals surface area contributed by atoms with Crippen LogP contribution in [0.25, 0.3) is 0 Å². The Morgan fingerprint density at radius 2 is 1.82 bits per heavy atom. The number of rotatable bonds is 4. The van der Waals surface area contributed by atoms with E-state index in [0.29, 0.717) is 19.4 Å². The highest BCUT2D eigenvalue weighted by Crippen LogP contribution is 2.29. The number of benzene rings is 2. The number of Topliss-reactive ketones (excluding diaryl/α,β-unsaturated/α-hetero) is 1. The van der Waals surface area contributed by atoms with Crippen LogP contribution in [0, 0.1) is 11.7 Å².